The number of carbonyl (C=O) groups excluding carboxylic acids is 2. The lowest BCUT2D eigenvalue weighted by atomic mass is 9.81. The van der Waals surface area contributed by atoms with Crippen LogP contribution in [-0.4, -0.2) is 18.4 Å². The maximum absolute atomic E-state index is 12.5. The molecule has 0 saturated heterocycles. The van der Waals surface area contributed by atoms with Crippen molar-refractivity contribution in [1.82, 2.24) is 0 Å². The third kappa shape index (κ3) is 3.59. The molecule has 1 heterocycles. The number of nitrogens with one attached hydrogen (secondary N) is 2. The van der Waals surface area contributed by atoms with Crippen molar-refractivity contribution in [3.63, 3.8) is 0 Å². The van der Waals surface area contributed by atoms with E-state index in [1.807, 2.05) is 32.0 Å². The highest BCUT2D eigenvalue weighted by Gasteiger charge is 2.33. The van der Waals surface area contributed by atoms with Crippen LogP contribution in [0.1, 0.15) is 38.7 Å². The van der Waals surface area contributed by atoms with Gasteiger partial charge in [0.05, 0.1) is 5.41 Å². The van der Waals surface area contributed by atoms with Crippen LogP contribution in [0.2, 0.25) is 0 Å². The zero-order valence-corrected chi connectivity index (χ0v) is 13.9. The number of hydrogen-bond donors (Lipinski definition) is 3. The Bertz CT molecular complexity index is 548. The number of nitrogens with two attached hydrogens (primary N) is 1. The summed E-state index contributed by atoms with van der Waals surface area (Å²) in [6.45, 7) is 4.31. The van der Waals surface area contributed by atoms with E-state index in [0.717, 1.165) is 16.9 Å². The van der Waals surface area contributed by atoms with Gasteiger partial charge in [-0.3, -0.25) is 9.59 Å². The topological polar surface area (TPSA) is 84.2 Å². The van der Waals surface area contributed by atoms with Crippen LogP contribution in [0.5, 0.6) is 0 Å². The number of amides is 2. The summed E-state index contributed by atoms with van der Waals surface area (Å²) in [5, 5.41) is 5.80. The lowest BCUT2D eigenvalue weighted by Gasteiger charge is -2.28. The van der Waals surface area contributed by atoms with E-state index < -0.39 is 5.41 Å². The van der Waals surface area contributed by atoms with Crippen molar-refractivity contribution in [2.24, 2.45) is 11.1 Å². The smallest absolute Gasteiger partial charge is 0.231 e. The van der Waals surface area contributed by atoms with Crippen molar-refractivity contribution >= 4 is 35.6 Å². The molecule has 0 bridgehead atoms. The Morgan fingerprint density at radius 2 is 2.00 bits per heavy atom. The van der Waals surface area contributed by atoms with Gasteiger partial charge in [-0.2, -0.15) is 0 Å². The summed E-state index contributed by atoms with van der Waals surface area (Å²) in [6.07, 6.45) is 2.62. The largest absolute Gasteiger partial charge is 0.329 e. The first-order valence-electron chi connectivity index (χ1n) is 7.49. The van der Waals surface area contributed by atoms with Gasteiger partial charge in [-0.15, -0.1) is 12.4 Å². The summed E-state index contributed by atoms with van der Waals surface area (Å²) in [6, 6.07) is 5.58. The molecule has 0 unspecified atom stereocenters. The second-order valence-corrected chi connectivity index (χ2v) is 5.57. The normalized spacial score (nSPS) is 13.7. The minimum Gasteiger partial charge on any atom is -0.329 e. The Labute approximate surface area is 137 Å². The van der Waals surface area contributed by atoms with E-state index in [0.29, 0.717) is 32.2 Å². The van der Waals surface area contributed by atoms with E-state index >= 15 is 0 Å². The number of carbonyl (C=O) groups is 2. The Morgan fingerprint density at radius 3 is 2.59 bits per heavy atom. The lowest BCUT2D eigenvalue weighted by Crippen LogP contribution is -2.41. The first-order chi connectivity index (χ1) is 10.0. The Hall–Kier alpha value is -1.59. The number of fused-ring (bicyclic) bond motifs is 1. The molecule has 5 nitrogen and oxygen atoms in total. The van der Waals surface area contributed by atoms with Gasteiger partial charge in [-0.25, -0.2) is 0 Å². The van der Waals surface area contributed by atoms with E-state index in [2.05, 4.69) is 10.6 Å². The van der Waals surface area contributed by atoms with Crippen LogP contribution in [0, 0.1) is 5.41 Å². The Morgan fingerprint density at radius 1 is 1.32 bits per heavy atom. The van der Waals surface area contributed by atoms with Gasteiger partial charge in [0.2, 0.25) is 11.8 Å². The molecule has 1 aromatic rings. The van der Waals surface area contributed by atoms with Crippen molar-refractivity contribution in [3.8, 4) is 0 Å². The molecule has 4 N–H and O–H groups in total. The molecule has 6 heteroatoms. The number of benzene rings is 1. The molecule has 1 aliphatic rings. The quantitative estimate of drug-likeness (QED) is 0.778. The number of aryl methyl sites for hydroxylation is 1. The summed E-state index contributed by atoms with van der Waals surface area (Å²) in [5.41, 5.74) is 7.94. The summed E-state index contributed by atoms with van der Waals surface area (Å²) in [7, 11) is 0. The highest BCUT2D eigenvalue weighted by molar-refractivity contribution is 5.97. The molecule has 0 radical (unpaired) electrons. The average molecular weight is 326 g/mol. The maximum atomic E-state index is 12.5. The van der Waals surface area contributed by atoms with Crippen LogP contribution in [0.15, 0.2) is 18.2 Å². The zero-order chi connectivity index (χ0) is 15.5. The van der Waals surface area contributed by atoms with E-state index in [-0.39, 0.29) is 24.2 Å². The fraction of sp³-hybridized carbons (Fsp3) is 0.500. The zero-order valence-electron chi connectivity index (χ0n) is 13.1. The minimum absolute atomic E-state index is 0. The van der Waals surface area contributed by atoms with Gasteiger partial charge in [0.15, 0.2) is 0 Å². The molecule has 2 rings (SSSR count). The van der Waals surface area contributed by atoms with Gasteiger partial charge in [-0.1, -0.05) is 13.8 Å². The molecule has 22 heavy (non-hydrogen) atoms. The van der Waals surface area contributed by atoms with Crippen molar-refractivity contribution in [3.05, 3.63) is 23.8 Å². The van der Waals surface area contributed by atoms with Crippen molar-refractivity contribution in [2.75, 3.05) is 17.2 Å². The molecule has 1 aromatic carbocycles. The SMILES string of the molecule is CCC(CC)(CN)C(=O)Nc1ccc2c(c1)CCC(=O)N2.Cl. The van der Waals surface area contributed by atoms with Crippen LogP contribution in [0.3, 0.4) is 0 Å². The van der Waals surface area contributed by atoms with Gasteiger partial charge in [0, 0.05) is 24.3 Å². The second-order valence-electron chi connectivity index (χ2n) is 5.57. The maximum Gasteiger partial charge on any atom is 0.231 e. The summed E-state index contributed by atoms with van der Waals surface area (Å²) in [5.74, 6) is 0.00759. The first-order valence-corrected chi connectivity index (χ1v) is 7.49. The van der Waals surface area contributed by atoms with E-state index in [1.165, 1.54) is 0 Å². The van der Waals surface area contributed by atoms with Crippen molar-refractivity contribution < 1.29 is 9.59 Å². The molecule has 0 fully saturated rings. The molecule has 0 spiro atoms. The second kappa shape index (κ2) is 7.61. The predicted octanol–water partition coefficient (Wildman–Crippen LogP) is 2.70. The number of halogens is 1. The van der Waals surface area contributed by atoms with Crippen molar-refractivity contribution in [2.45, 2.75) is 39.5 Å². The molecule has 0 aliphatic carbocycles. The minimum atomic E-state index is -0.510. The highest BCUT2D eigenvalue weighted by atomic mass is 35.5. The van der Waals surface area contributed by atoms with Crippen LogP contribution in [-0.2, 0) is 16.0 Å². The van der Waals surface area contributed by atoms with Crippen molar-refractivity contribution in [1.29, 1.82) is 0 Å². The molecule has 122 valence electrons. The molecule has 0 atom stereocenters. The average Bonchev–Trinajstić information content (AvgIpc) is 2.50. The highest BCUT2D eigenvalue weighted by Crippen LogP contribution is 2.29. The molecule has 1 aliphatic heterocycles. The van der Waals surface area contributed by atoms with E-state index in [4.69, 9.17) is 5.73 Å². The van der Waals surface area contributed by atoms with Crippen LogP contribution >= 0.6 is 12.4 Å². The first kappa shape index (κ1) is 18.5. The molecule has 0 aromatic heterocycles. The Balaban J connectivity index is 0.00000242. The predicted molar refractivity (Wildman–Crippen MR) is 91.3 cm³/mol. The van der Waals surface area contributed by atoms with Gasteiger partial charge in [0.1, 0.15) is 0 Å². The summed E-state index contributed by atoms with van der Waals surface area (Å²) >= 11 is 0. The molecular weight excluding hydrogens is 302 g/mol. The van der Waals surface area contributed by atoms with E-state index in [9.17, 15) is 9.59 Å². The van der Waals surface area contributed by atoms with Gasteiger partial charge in [-0.05, 0) is 43.0 Å². The van der Waals surface area contributed by atoms with Crippen LogP contribution in [0.4, 0.5) is 11.4 Å². The fourth-order valence-corrected chi connectivity index (χ4v) is 2.68. The molecule has 0 saturated carbocycles. The van der Waals surface area contributed by atoms with Gasteiger partial charge in [0.25, 0.3) is 0 Å². The summed E-state index contributed by atoms with van der Waals surface area (Å²) in [4.78, 5) is 23.8. The monoisotopic (exact) mass is 325 g/mol. The Kier molecular flexibility index (Phi) is 6.38. The third-order valence-electron chi connectivity index (χ3n) is 4.48. The third-order valence-corrected chi connectivity index (χ3v) is 4.48. The molecule has 2 amide bonds. The van der Waals surface area contributed by atoms with E-state index in [1.54, 1.807) is 0 Å². The van der Waals surface area contributed by atoms with Crippen LogP contribution in [0.25, 0.3) is 0 Å². The fourth-order valence-electron chi connectivity index (χ4n) is 2.68. The van der Waals surface area contributed by atoms with Gasteiger partial charge < -0.3 is 16.4 Å². The number of hydrogen-bond acceptors (Lipinski definition) is 3. The molecular formula is C16H24ClN3O2. The number of rotatable bonds is 5. The number of anilines is 2. The lowest BCUT2D eigenvalue weighted by molar-refractivity contribution is -0.125. The van der Waals surface area contributed by atoms with Crippen LogP contribution < -0.4 is 16.4 Å². The summed E-state index contributed by atoms with van der Waals surface area (Å²) < 4.78 is 0. The standard InChI is InChI=1S/C16H23N3O2.ClH/c1-3-16(4-2,10-17)15(21)18-12-6-7-13-11(9-12)5-8-14(20)19-13;/h6-7,9H,3-5,8,10,17H2,1-2H3,(H,18,21)(H,19,20);1H. The van der Waals surface area contributed by atoms with Gasteiger partial charge >= 0.3 is 0 Å².